The fourth-order valence-electron chi connectivity index (χ4n) is 1.03. The Bertz CT molecular complexity index is 263. The van der Waals surface area contributed by atoms with E-state index >= 15 is 0 Å². The van der Waals surface area contributed by atoms with Crippen molar-refractivity contribution in [2.75, 3.05) is 7.05 Å². The normalized spacial score (nSPS) is 10.2. The lowest BCUT2D eigenvalue weighted by Gasteiger charge is -2.05. The van der Waals surface area contributed by atoms with Crippen LogP contribution in [0.3, 0.4) is 0 Å². The van der Waals surface area contributed by atoms with Crippen molar-refractivity contribution in [2.24, 2.45) is 0 Å². The first-order valence-electron chi connectivity index (χ1n) is 3.77. The van der Waals surface area contributed by atoms with Crippen molar-refractivity contribution in [3.63, 3.8) is 0 Å². The summed E-state index contributed by atoms with van der Waals surface area (Å²) in [5.41, 5.74) is 1.96. The number of phenolic OH excluding ortho intramolecular Hbond substituents is 1. The van der Waals surface area contributed by atoms with E-state index in [1.54, 1.807) is 6.07 Å². The highest BCUT2D eigenvalue weighted by atomic mass is 79.9. The number of nitrogens with one attached hydrogen (secondary N) is 1. The maximum atomic E-state index is 9.45. The van der Waals surface area contributed by atoms with Gasteiger partial charge in [0.2, 0.25) is 0 Å². The van der Waals surface area contributed by atoms with E-state index in [1.165, 1.54) is 0 Å². The monoisotopic (exact) mass is 229 g/mol. The number of hydrogen-bond donors (Lipinski definition) is 2. The van der Waals surface area contributed by atoms with Crippen LogP contribution in [-0.4, -0.2) is 12.2 Å². The molecule has 0 aliphatic heterocycles. The summed E-state index contributed by atoms with van der Waals surface area (Å²) in [6.07, 6.45) is 0. The molecule has 0 saturated heterocycles. The van der Waals surface area contributed by atoms with Crippen LogP contribution in [0.4, 0.5) is 0 Å². The van der Waals surface area contributed by atoms with E-state index in [-0.39, 0.29) is 0 Å². The minimum atomic E-state index is 0.342. The first-order chi connectivity index (χ1) is 5.65. The maximum Gasteiger partial charge on any atom is 0.119 e. The minimum Gasteiger partial charge on any atom is -0.508 e. The molecule has 0 aromatic heterocycles. The van der Waals surface area contributed by atoms with E-state index in [1.807, 2.05) is 20.0 Å². The minimum absolute atomic E-state index is 0.342. The molecular weight excluding hydrogens is 218 g/mol. The number of benzene rings is 1. The standard InChI is InChI=1S/C9H12BrNO/c1-6-8(10)3-7(5-11-2)4-9(6)12/h3-4,11-12H,5H2,1-2H3. The molecule has 0 amide bonds. The number of aromatic hydroxyl groups is 1. The van der Waals surface area contributed by atoms with Gasteiger partial charge in [0, 0.05) is 16.6 Å². The third kappa shape index (κ3) is 1.99. The molecule has 1 aromatic carbocycles. The lowest BCUT2D eigenvalue weighted by Crippen LogP contribution is -2.04. The topological polar surface area (TPSA) is 32.3 Å². The van der Waals surface area contributed by atoms with Gasteiger partial charge < -0.3 is 10.4 Å². The van der Waals surface area contributed by atoms with E-state index in [0.29, 0.717) is 5.75 Å². The Labute approximate surface area is 80.7 Å². The van der Waals surface area contributed by atoms with Crippen LogP contribution in [-0.2, 0) is 6.54 Å². The second kappa shape index (κ2) is 3.92. The molecule has 0 spiro atoms. The molecule has 1 rings (SSSR count). The SMILES string of the molecule is CNCc1cc(O)c(C)c(Br)c1. The Morgan fingerprint density at radius 2 is 2.17 bits per heavy atom. The van der Waals surface area contributed by atoms with E-state index in [0.717, 1.165) is 22.1 Å². The van der Waals surface area contributed by atoms with Crippen LogP contribution in [0.15, 0.2) is 16.6 Å². The van der Waals surface area contributed by atoms with Crippen molar-refractivity contribution in [1.82, 2.24) is 5.32 Å². The molecule has 1 aromatic rings. The molecule has 66 valence electrons. The summed E-state index contributed by atoms with van der Waals surface area (Å²) < 4.78 is 0.952. The Kier molecular flexibility index (Phi) is 3.12. The van der Waals surface area contributed by atoms with Crippen LogP contribution in [0, 0.1) is 6.92 Å². The molecule has 0 aliphatic rings. The zero-order chi connectivity index (χ0) is 9.14. The molecule has 2 N–H and O–H groups in total. The summed E-state index contributed by atoms with van der Waals surface area (Å²) in [6, 6.07) is 3.78. The highest BCUT2D eigenvalue weighted by Crippen LogP contribution is 2.26. The lowest BCUT2D eigenvalue weighted by molar-refractivity contribution is 0.469. The van der Waals surface area contributed by atoms with Gasteiger partial charge in [-0.25, -0.2) is 0 Å². The molecule has 12 heavy (non-hydrogen) atoms. The molecule has 3 heteroatoms. The van der Waals surface area contributed by atoms with Crippen LogP contribution >= 0.6 is 15.9 Å². The quantitative estimate of drug-likeness (QED) is 0.816. The summed E-state index contributed by atoms with van der Waals surface area (Å²) in [5, 5.41) is 12.5. The van der Waals surface area contributed by atoms with Crippen molar-refractivity contribution in [2.45, 2.75) is 13.5 Å². The Balaban J connectivity index is 3.04. The third-order valence-electron chi connectivity index (χ3n) is 1.76. The summed E-state index contributed by atoms with van der Waals surface area (Å²) in [4.78, 5) is 0. The second-order valence-corrected chi connectivity index (χ2v) is 3.61. The molecule has 0 radical (unpaired) electrons. The zero-order valence-corrected chi connectivity index (χ0v) is 8.77. The predicted molar refractivity (Wildman–Crippen MR) is 53.3 cm³/mol. The van der Waals surface area contributed by atoms with Crippen LogP contribution in [0.2, 0.25) is 0 Å². The fraction of sp³-hybridized carbons (Fsp3) is 0.333. The first kappa shape index (κ1) is 9.55. The van der Waals surface area contributed by atoms with Gasteiger partial charge >= 0.3 is 0 Å². The van der Waals surface area contributed by atoms with Crippen molar-refractivity contribution >= 4 is 15.9 Å². The van der Waals surface area contributed by atoms with Gasteiger partial charge in [0.25, 0.3) is 0 Å². The maximum absolute atomic E-state index is 9.45. The molecule has 0 fully saturated rings. The fourth-order valence-corrected chi connectivity index (χ4v) is 1.52. The largest absolute Gasteiger partial charge is 0.508 e. The van der Waals surface area contributed by atoms with E-state index < -0.39 is 0 Å². The summed E-state index contributed by atoms with van der Waals surface area (Å²) in [5.74, 6) is 0.342. The Hall–Kier alpha value is -0.540. The van der Waals surface area contributed by atoms with Crippen LogP contribution in [0.5, 0.6) is 5.75 Å². The smallest absolute Gasteiger partial charge is 0.119 e. The van der Waals surface area contributed by atoms with Crippen molar-refractivity contribution in [1.29, 1.82) is 0 Å². The van der Waals surface area contributed by atoms with Gasteiger partial charge in [-0.2, -0.15) is 0 Å². The lowest BCUT2D eigenvalue weighted by atomic mass is 10.1. The van der Waals surface area contributed by atoms with Gasteiger partial charge in [0.05, 0.1) is 0 Å². The summed E-state index contributed by atoms with van der Waals surface area (Å²) >= 11 is 3.38. The van der Waals surface area contributed by atoms with Gasteiger partial charge in [-0.15, -0.1) is 0 Å². The van der Waals surface area contributed by atoms with Gasteiger partial charge in [-0.05, 0) is 31.7 Å². The summed E-state index contributed by atoms with van der Waals surface area (Å²) in [6.45, 7) is 2.65. The number of hydrogen-bond acceptors (Lipinski definition) is 2. The van der Waals surface area contributed by atoms with Gasteiger partial charge in [-0.3, -0.25) is 0 Å². The second-order valence-electron chi connectivity index (χ2n) is 2.75. The van der Waals surface area contributed by atoms with E-state index in [9.17, 15) is 5.11 Å². The highest BCUT2D eigenvalue weighted by Gasteiger charge is 2.02. The van der Waals surface area contributed by atoms with Crippen molar-refractivity contribution in [3.8, 4) is 5.75 Å². The summed E-state index contributed by atoms with van der Waals surface area (Å²) in [7, 11) is 1.88. The molecule has 0 aliphatic carbocycles. The molecule has 0 saturated carbocycles. The third-order valence-corrected chi connectivity index (χ3v) is 2.58. The van der Waals surface area contributed by atoms with Gasteiger partial charge in [0.1, 0.15) is 5.75 Å². The van der Waals surface area contributed by atoms with Gasteiger partial charge in [0.15, 0.2) is 0 Å². The molecule has 0 unspecified atom stereocenters. The van der Waals surface area contributed by atoms with E-state index in [2.05, 4.69) is 21.2 Å². The molecule has 0 heterocycles. The number of halogens is 1. The molecule has 0 bridgehead atoms. The van der Waals surface area contributed by atoms with Crippen LogP contribution < -0.4 is 5.32 Å². The van der Waals surface area contributed by atoms with Crippen molar-refractivity contribution < 1.29 is 5.11 Å². The number of phenols is 1. The highest BCUT2D eigenvalue weighted by molar-refractivity contribution is 9.10. The Morgan fingerprint density at radius 3 is 2.67 bits per heavy atom. The molecule has 2 nitrogen and oxygen atoms in total. The van der Waals surface area contributed by atoms with E-state index in [4.69, 9.17) is 0 Å². The van der Waals surface area contributed by atoms with Crippen LogP contribution in [0.1, 0.15) is 11.1 Å². The first-order valence-corrected chi connectivity index (χ1v) is 4.57. The molecular formula is C9H12BrNO. The zero-order valence-electron chi connectivity index (χ0n) is 7.19. The predicted octanol–water partition coefficient (Wildman–Crippen LogP) is 2.18. The van der Waals surface area contributed by atoms with Crippen LogP contribution in [0.25, 0.3) is 0 Å². The average Bonchev–Trinajstić information content (AvgIpc) is 2.01. The van der Waals surface area contributed by atoms with Crippen molar-refractivity contribution in [3.05, 3.63) is 27.7 Å². The molecule has 0 atom stereocenters. The average molecular weight is 230 g/mol. The Morgan fingerprint density at radius 1 is 1.50 bits per heavy atom. The number of rotatable bonds is 2. The van der Waals surface area contributed by atoms with Gasteiger partial charge in [-0.1, -0.05) is 15.9 Å².